The number of hydrogen-bond donors (Lipinski definition) is 1. The Kier molecular flexibility index (Phi) is 6.00. The van der Waals surface area contributed by atoms with Gasteiger partial charge in [0, 0.05) is 0 Å². The Morgan fingerprint density at radius 3 is 2.23 bits per heavy atom. The van der Waals surface area contributed by atoms with Gasteiger partial charge in [0.1, 0.15) is 5.75 Å². The molecule has 0 atom stereocenters. The van der Waals surface area contributed by atoms with E-state index in [4.69, 9.17) is 14.0 Å². The molecule has 0 spiro atoms. The van der Waals surface area contributed by atoms with Crippen LogP contribution in [0.25, 0.3) is 0 Å². The van der Waals surface area contributed by atoms with Gasteiger partial charge in [-0.15, -0.1) is 0 Å². The molecule has 1 aliphatic rings. The minimum atomic E-state index is -3.40. The molecule has 1 N–H and O–H groups in total. The second kappa shape index (κ2) is 7.41. The van der Waals surface area contributed by atoms with Crippen LogP contribution in [0.1, 0.15) is 48.5 Å². The fourth-order valence-corrected chi connectivity index (χ4v) is 3.01. The zero-order valence-electron chi connectivity index (χ0n) is 16.8. The van der Waals surface area contributed by atoms with E-state index < -0.39 is 28.3 Å². The number of nitrogens with one attached hydrogen (secondary N) is 1. The molecular weight excluding hydrogens is 353 g/mol. The predicted octanol–water partition coefficient (Wildman–Crippen LogP) is 2.78. The molecule has 8 heteroatoms. The first-order valence-corrected chi connectivity index (χ1v) is 10.6. The lowest BCUT2D eigenvalue weighted by molar-refractivity contribution is 0.00578. The summed E-state index contributed by atoms with van der Waals surface area (Å²) in [6.45, 7) is 14.1. The molecule has 0 amide bonds. The highest BCUT2D eigenvalue weighted by molar-refractivity contribution is 7.92. The summed E-state index contributed by atoms with van der Waals surface area (Å²) < 4.78 is 44.5. The van der Waals surface area contributed by atoms with E-state index in [1.54, 1.807) is 25.1 Å². The van der Waals surface area contributed by atoms with Crippen LogP contribution in [0.5, 0.6) is 5.75 Å². The molecule has 1 aromatic carbocycles. The molecule has 1 aromatic rings. The zero-order valence-corrected chi connectivity index (χ0v) is 17.6. The van der Waals surface area contributed by atoms with Gasteiger partial charge in [0.05, 0.1) is 29.2 Å². The standard InChI is InChI=1S/C18H30BNO5S/c1-8-26(21,22)20-15-10-9-14(11-16(15)23-12-13(2)3)19-24-17(4,5)18(6,7)25-19/h9-11,13,20H,8,12H2,1-7H3. The molecule has 0 radical (unpaired) electrons. The second-order valence-electron chi connectivity index (χ2n) is 8.05. The lowest BCUT2D eigenvalue weighted by Crippen LogP contribution is -2.41. The number of benzene rings is 1. The molecular formula is C18H30BNO5S. The third-order valence-corrected chi connectivity index (χ3v) is 6.04. The fraction of sp³-hybridized carbons (Fsp3) is 0.667. The number of sulfonamides is 1. The first-order valence-electron chi connectivity index (χ1n) is 9.00. The van der Waals surface area contributed by atoms with Crippen molar-refractivity contribution < 1.29 is 22.5 Å². The monoisotopic (exact) mass is 383 g/mol. The number of anilines is 1. The Balaban J connectivity index is 2.34. The summed E-state index contributed by atoms with van der Waals surface area (Å²) in [5.74, 6) is 0.782. The van der Waals surface area contributed by atoms with Crippen LogP contribution < -0.4 is 14.9 Å². The topological polar surface area (TPSA) is 73.9 Å². The van der Waals surface area contributed by atoms with Crippen LogP contribution in [-0.2, 0) is 19.3 Å². The van der Waals surface area contributed by atoms with Crippen molar-refractivity contribution in [2.24, 2.45) is 5.92 Å². The molecule has 0 saturated carbocycles. The Bertz CT molecular complexity index is 730. The number of hydrogen-bond acceptors (Lipinski definition) is 5. The van der Waals surface area contributed by atoms with Gasteiger partial charge < -0.3 is 14.0 Å². The number of rotatable bonds is 7. The third kappa shape index (κ3) is 4.72. The van der Waals surface area contributed by atoms with E-state index in [9.17, 15) is 8.42 Å². The lowest BCUT2D eigenvalue weighted by atomic mass is 9.79. The predicted molar refractivity (Wildman–Crippen MR) is 106 cm³/mol. The molecule has 1 saturated heterocycles. The first kappa shape index (κ1) is 21.1. The van der Waals surface area contributed by atoms with Gasteiger partial charge in [0.2, 0.25) is 10.0 Å². The summed E-state index contributed by atoms with van der Waals surface area (Å²) in [5, 5.41) is 0. The molecule has 2 rings (SSSR count). The van der Waals surface area contributed by atoms with E-state index in [2.05, 4.69) is 4.72 Å². The highest BCUT2D eigenvalue weighted by Crippen LogP contribution is 2.37. The molecule has 6 nitrogen and oxygen atoms in total. The summed E-state index contributed by atoms with van der Waals surface area (Å²) in [5.41, 5.74) is 0.327. The summed E-state index contributed by atoms with van der Waals surface area (Å²) in [4.78, 5) is 0. The van der Waals surface area contributed by atoms with E-state index in [0.29, 0.717) is 24.0 Å². The molecule has 0 unspecified atom stereocenters. The SMILES string of the molecule is CCS(=O)(=O)Nc1ccc(B2OC(C)(C)C(C)(C)O2)cc1OCC(C)C. The van der Waals surface area contributed by atoms with Crippen LogP contribution in [0.15, 0.2) is 18.2 Å². The van der Waals surface area contributed by atoms with Gasteiger partial charge in [-0.05, 0) is 58.1 Å². The molecule has 146 valence electrons. The summed E-state index contributed by atoms with van der Waals surface area (Å²) in [6, 6.07) is 5.29. The van der Waals surface area contributed by atoms with Crippen molar-refractivity contribution in [2.45, 2.75) is 59.7 Å². The Morgan fingerprint density at radius 1 is 1.15 bits per heavy atom. The van der Waals surface area contributed by atoms with Gasteiger partial charge in [0.25, 0.3) is 0 Å². The lowest BCUT2D eigenvalue weighted by Gasteiger charge is -2.32. The van der Waals surface area contributed by atoms with E-state index in [1.807, 2.05) is 41.5 Å². The van der Waals surface area contributed by atoms with Crippen LogP contribution in [0.4, 0.5) is 5.69 Å². The van der Waals surface area contributed by atoms with E-state index in [0.717, 1.165) is 5.46 Å². The highest BCUT2D eigenvalue weighted by atomic mass is 32.2. The van der Waals surface area contributed by atoms with E-state index in [1.165, 1.54) is 0 Å². The van der Waals surface area contributed by atoms with Crippen molar-refractivity contribution in [2.75, 3.05) is 17.1 Å². The molecule has 26 heavy (non-hydrogen) atoms. The van der Waals surface area contributed by atoms with Crippen molar-refractivity contribution in [3.63, 3.8) is 0 Å². The number of ether oxygens (including phenoxy) is 1. The Hall–Kier alpha value is -1.25. The fourth-order valence-electron chi connectivity index (χ4n) is 2.36. The molecule has 0 aromatic heterocycles. The van der Waals surface area contributed by atoms with Gasteiger partial charge in [-0.2, -0.15) is 0 Å². The maximum atomic E-state index is 12.0. The van der Waals surface area contributed by atoms with E-state index >= 15 is 0 Å². The van der Waals surface area contributed by atoms with Crippen molar-refractivity contribution in [3.8, 4) is 5.75 Å². The minimum Gasteiger partial charge on any atom is -0.491 e. The third-order valence-electron chi connectivity index (χ3n) is 4.75. The van der Waals surface area contributed by atoms with Crippen molar-refractivity contribution in [3.05, 3.63) is 18.2 Å². The van der Waals surface area contributed by atoms with Crippen molar-refractivity contribution in [1.82, 2.24) is 0 Å². The largest absolute Gasteiger partial charge is 0.494 e. The molecule has 0 aliphatic carbocycles. The minimum absolute atomic E-state index is 0.00437. The molecule has 1 fully saturated rings. The van der Waals surface area contributed by atoms with Crippen LogP contribution >= 0.6 is 0 Å². The maximum Gasteiger partial charge on any atom is 0.494 e. The Labute approximate surface area is 157 Å². The molecule has 0 bridgehead atoms. The van der Waals surface area contributed by atoms with Crippen molar-refractivity contribution >= 4 is 28.3 Å². The van der Waals surface area contributed by atoms with Gasteiger partial charge >= 0.3 is 7.12 Å². The zero-order chi connectivity index (χ0) is 19.8. The normalized spacial score (nSPS) is 19.0. The highest BCUT2D eigenvalue weighted by Gasteiger charge is 2.51. The Morgan fingerprint density at radius 2 is 1.73 bits per heavy atom. The molecule has 1 heterocycles. The first-order chi connectivity index (χ1) is 11.9. The maximum absolute atomic E-state index is 12.0. The van der Waals surface area contributed by atoms with Crippen molar-refractivity contribution in [1.29, 1.82) is 0 Å². The smallest absolute Gasteiger partial charge is 0.491 e. The van der Waals surface area contributed by atoms with Gasteiger partial charge in [-0.3, -0.25) is 4.72 Å². The van der Waals surface area contributed by atoms with Gasteiger partial charge in [0.15, 0.2) is 0 Å². The van der Waals surface area contributed by atoms with Gasteiger partial charge in [-0.25, -0.2) is 8.42 Å². The van der Waals surface area contributed by atoms with Crippen LogP contribution in [0.3, 0.4) is 0 Å². The van der Waals surface area contributed by atoms with Crippen LogP contribution in [0, 0.1) is 5.92 Å². The van der Waals surface area contributed by atoms with E-state index in [-0.39, 0.29) is 5.75 Å². The summed E-state index contributed by atoms with van der Waals surface area (Å²) in [7, 11) is -3.92. The average molecular weight is 383 g/mol. The average Bonchev–Trinajstić information content (AvgIpc) is 2.74. The van der Waals surface area contributed by atoms with Gasteiger partial charge in [-0.1, -0.05) is 19.9 Å². The van der Waals surface area contributed by atoms with Crippen LogP contribution in [-0.4, -0.2) is 39.1 Å². The summed E-state index contributed by atoms with van der Waals surface area (Å²) >= 11 is 0. The summed E-state index contributed by atoms with van der Waals surface area (Å²) in [6.07, 6.45) is 0. The molecule has 1 aliphatic heterocycles. The second-order valence-corrected chi connectivity index (χ2v) is 10.1. The van der Waals surface area contributed by atoms with Crippen LogP contribution in [0.2, 0.25) is 0 Å². The quantitative estimate of drug-likeness (QED) is 0.733.